The molecule has 0 N–H and O–H groups in total. The third-order valence-electron chi connectivity index (χ3n) is 2.02. The first-order valence-electron chi connectivity index (χ1n) is 4.69. The fraction of sp³-hybridized carbons (Fsp3) is 1.00. The molecule has 0 aromatic heterocycles. The Balaban J connectivity index is 1.81. The van der Waals surface area contributed by atoms with E-state index in [2.05, 4.69) is 0 Å². The van der Waals surface area contributed by atoms with Crippen molar-refractivity contribution in [2.45, 2.75) is 31.8 Å². The van der Waals surface area contributed by atoms with Crippen molar-refractivity contribution in [1.29, 1.82) is 0 Å². The Morgan fingerprint density at radius 1 is 1.33 bits per heavy atom. The molecule has 0 spiro atoms. The van der Waals surface area contributed by atoms with Gasteiger partial charge < -0.3 is 9.47 Å². The predicted molar refractivity (Wildman–Crippen MR) is 49.7 cm³/mol. The van der Waals surface area contributed by atoms with E-state index < -0.39 is 0 Å². The summed E-state index contributed by atoms with van der Waals surface area (Å²) in [7, 11) is 0. The van der Waals surface area contributed by atoms with E-state index in [1.165, 1.54) is 6.42 Å². The first-order chi connectivity index (χ1) is 5.93. The molecule has 1 unspecified atom stereocenters. The summed E-state index contributed by atoms with van der Waals surface area (Å²) in [6.07, 6.45) is 4.84. The second-order valence-corrected chi connectivity index (χ2v) is 3.48. The Kier molecular flexibility index (Phi) is 5.74. The molecular weight excluding hydrogens is 176 g/mol. The molecule has 1 rings (SSSR count). The number of ether oxygens (including phenoxy) is 2. The Morgan fingerprint density at radius 3 is 2.92 bits per heavy atom. The maximum absolute atomic E-state index is 5.58. The molecule has 72 valence electrons. The quantitative estimate of drug-likeness (QED) is 0.475. The van der Waals surface area contributed by atoms with Crippen LogP contribution in [0.15, 0.2) is 0 Å². The number of hydrogen-bond acceptors (Lipinski definition) is 2. The summed E-state index contributed by atoms with van der Waals surface area (Å²) in [5.41, 5.74) is 0. The summed E-state index contributed by atoms with van der Waals surface area (Å²) in [6, 6.07) is 0. The van der Waals surface area contributed by atoms with Gasteiger partial charge in [0.2, 0.25) is 0 Å². The van der Waals surface area contributed by atoms with E-state index in [1.807, 2.05) is 0 Å². The molecule has 2 nitrogen and oxygen atoms in total. The van der Waals surface area contributed by atoms with Gasteiger partial charge in [-0.2, -0.15) is 0 Å². The highest BCUT2D eigenvalue weighted by molar-refractivity contribution is 6.17. The van der Waals surface area contributed by atoms with Gasteiger partial charge in [0.15, 0.2) is 0 Å². The average molecular weight is 193 g/mol. The van der Waals surface area contributed by atoms with Crippen molar-refractivity contribution < 1.29 is 9.47 Å². The first-order valence-corrected chi connectivity index (χ1v) is 5.22. The zero-order valence-corrected chi connectivity index (χ0v) is 8.18. The largest absolute Gasteiger partial charge is 0.379 e. The smallest absolute Gasteiger partial charge is 0.0830 e. The van der Waals surface area contributed by atoms with Crippen molar-refractivity contribution >= 4 is 11.6 Å². The number of hydrogen-bond donors (Lipinski definition) is 0. The summed E-state index contributed by atoms with van der Waals surface area (Å²) in [6.45, 7) is 2.52. The van der Waals surface area contributed by atoms with Gasteiger partial charge >= 0.3 is 0 Å². The standard InChI is InChI=1S/C9H17ClO2/c10-5-2-1-3-6-12-9-4-7-11-8-9/h9H,1-8H2. The second-order valence-electron chi connectivity index (χ2n) is 3.11. The summed E-state index contributed by atoms with van der Waals surface area (Å²) in [5, 5.41) is 0. The van der Waals surface area contributed by atoms with E-state index in [4.69, 9.17) is 21.1 Å². The van der Waals surface area contributed by atoms with Gasteiger partial charge in [0.05, 0.1) is 12.7 Å². The number of alkyl halides is 1. The fourth-order valence-electron chi connectivity index (χ4n) is 1.27. The van der Waals surface area contributed by atoms with Crippen LogP contribution in [0.5, 0.6) is 0 Å². The summed E-state index contributed by atoms with van der Waals surface area (Å²) >= 11 is 5.55. The summed E-state index contributed by atoms with van der Waals surface area (Å²) in [5.74, 6) is 0.770. The van der Waals surface area contributed by atoms with Crippen molar-refractivity contribution in [3.63, 3.8) is 0 Å². The highest BCUT2D eigenvalue weighted by Gasteiger charge is 2.14. The molecule has 0 aliphatic carbocycles. The van der Waals surface area contributed by atoms with Crippen LogP contribution in [0.2, 0.25) is 0 Å². The SMILES string of the molecule is ClCCCCCOC1CCOC1. The molecule has 0 bridgehead atoms. The lowest BCUT2D eigenvalue weighted by molar-refractivity contribution is 0.0407. The highest BCUT2D eigenvalue weighted by atomic mass is 35.5. The Hall–Kier alpha value is 0.210. The van der Waals surface area contributed by atoms with Crippen LogP contribution in [0.4, 0.5) is 0 Å². The van der Waals surface area contributed by atoms with Crippen LogP contribution in [0.3, 0.4) is 0 Å². The summed E-state index contributed by atoms with van der Waals surface area (Å²) in [4.78, 5) is 0. The molecule has 1 aliphatic rings. The number of halogens is 1. The zero-order chi connectivity index (χ0) is 8.65. The molecule has 12 heavy (non-hydrogen) atoms. The maximum Gasteiger partial charge on any atom is 0.0830 e. The third kappa shape index (κ3) is 4.29. The van der Waals surface area contributed by atoms with Gasteiger partial charge in [-0.3, -0.25) is 0 Å². The lowest BCUT2D eigenvalue weighted by Crippen LogP contribution is -2.12. The molecule has 0 radical (unpaired) electrons. The molecule has 1 aliphatic heterocycles. The van der Waals surface area contributed by atoms with Gasteiger partial charge in [0.1, 0.15) is 0 Å². The van der Waals surface area contributed by atoms with E-state index in [0.717, 1.165) is 45.0 Å². The van der Waals surface area contributed by atoms with Gasteiger partial charge in [0, 0.05) is 19.1 Å². The first kappa shape index (κ1) is 10.3. The molecule has 1 saturated heterocycles. The monoisotopic (exact) mass is 192 g/mol. The van der Waals surface area contributed by atoms with E-state index in [9.17, 15) is 0 Å². The van der Waals surface area contributed by atoms with Gasteiger partial charge in [-0.05, 0) is 25.7 Å². The third-order valence-corrected chi connectivity index (χ3v) is 2.29. The van der Waals surface area contributed by atoms with E-state index in [0.29, 0.717) is 6.10 Å². The summed E-state index contributed by atoms with van der Waals surface area (Å²) < 4.78 is 10.8. The van der Waals surface area contributed by atoms with E-state index >= 15 is 0 Å². The van der Waals surface area contributed by atoms with Crippen molar-refractivity contribution in [3.8, 4) is 0 Å². The van der Waals surface area contributed by atoms with Crippen LogP contribution in [0.25, 0.3) is 0 Å². The normalized spacial score (nSPS) is 23.2. The van der Waals surface area contributed by atoms with Gasteiger partial charge in [-0.1, -0.05) is 0 Å². The molecule has 0 aromatic rings. The molecule has 3 heteroatoms. The van der Waals surface area contributed by atoms with Crippen molar-refractivity contribution in [2.24, 2.45) is 0 Å². The minimum atomic E-state index is 0.362. The Labute approximate surface area is 79.2 Å². The minimum absolute atomic E-state index is 0.362. The van der Waals surface area contributed by atoms with Crippen molar-refractivity contribution in [3.05, 3.63) is 0 Å². The van der Waals surface area contributed by atoms with Gasteiger partial charge in [-0.15, -0.1) is 11.6 Å². The topological polar surface area (TPSA) is 18.5 Å². The second kappa shape index (κ2) is 6.70. The molecular formula is C9H17ClO2. The van der Waals surface area contributed by atoms with E-state index in [1.54, 1.807) is 0 Å². The van der Waals surface area contributed by atoms with Crippen molar-refractivity contribution in [2.75, 3.05) is 25.7 Å². The minimum Gasteiger partial charge on any atom is -0.379 e. The Morgan fingerprint density at radius 2 is 2.25 bits per heavy atom. The fourth-order valence-corrected chi connectivity index (χ4v) is 1.46. The van der Waals surface area contributed by atoms with Crippen LogP contribution in [-0.4, -0.2) is 31.8 Å². The molecule has 0 saturated carbocycles. The average Bonchev–Trinajstić information content (AvgIpc) is 2.57. The maximum atomic E-state index is 5.58. The van der Waals surface area contributed by atoms with Gasteiger partial charge in [0.25, 0.3) is 0 Å². The molecule has 1 fully saturated rings. The molecule has 1 heterocycles. The number of unbranched alkanes of at least 4 members (excludes halogenated alkanes) is 2. The van der Waals surface area contributed by atoms with Crippen molar-refractivity contribution in [1.82, 2.24) is 0 Å². The predicted octanol–water partition coefficient (Wildman–Crippen LogP) is 2.20. The molecule has 1 atom stereocenters. The molecule has 0 amide bonds. The highest BCUT2D eigenvalue weighted by Crippen LogP contribution is 2.09. The van der Waals surface area contributed by atoms with Crippen LogP contribution >= 0.6 is 11.6 Å². The van der Waals surface area contributed by atoms with Crippen LogP contribution in [-0.2, 0) is 9.47 Å². The van der Waals surface area contributed by atoms with Crippen LogP contribution in [0, 0.1) is 0 Å². The molecule has 0 aromatic carbocycles. The zero-order valence-electron chi connectivity index (χ0n) is 7.43. The van der Waals surface area contributed by atoms with Crippen LogP contribution in [0.1, 0.15) is 25.7 Å². The lowest BCUT2D eigenvalue weighted by Gasteiger charge is -2.08. The van der Waals surface area contributed by atoms with Gasteiger partial charge in [-0.25, -0.2) is 0 Å². The Bertz CT molecular complexity index is 103. The van der Waals surface area contributed by atoms with Crippen LogP contribution < -0.4 is 0 Å². The number of rotatable bonds is 6. The lowest BCUT2D eigenvalue weighted by atomic mass is 10.2. The van der Waals surface area contributed by atoms with E-state index in [-0.39, 0.29) is 0 Å².